The van der Waals surface area contributed by atoms with Gasteiger partial charge in [-0.05, 0) is 77.3 Å². The van der Waals surface area contributed by atoms with Crippen molar-refractivity contribution in [3.05, 3.63) is 81.8 Å². The number of hydrogen-bond donors (Lipinski definition) is 1. The molecule has 4 rings (SSSR count). The van der Waals surface area contributed by atoms with Crippen molar-refractivity contribution in [2.45, 2.75) is 13.8 Å². The third-order valence-corrected chi connectivity index (χ3v) is 5.09. The van der Waals surface area contributed by atoms with E-state index in [4.69, 9.17) is 4.42 Å². The maximum atomic E-state index is 12.6. The summed E-state index contributed by atoms with van der Waals surface area (Å²) in [6.45, 7) is 3.97. The lowest BCUT2D eigenvalue weighted by Crippen LogP contribution is -2.13. The molecule has 0 aliphatic rings. The van der Waals surface area contributed by atoms with Crippen molar-refractivity contribution in [2.24, 2.45) is 0 Å². The zero-order valence-electron chi connectivity index (χ0n) is 14.9. The van der Waals surface area contributed by atoms with Crippen LogP contribution in [0, 0.1) is 13.8 Å². The molecule has 1 N–H and O–H groups in total. The molecule has 27 heavy (non-hydrogen) atoms. The molecular weight excluding hydrogens is 404 g/mol. The van der Waals surface area contributed by atoms with Crippen molar-refractivity contribution in [3.8, 4) is 11.5 Å². The Morgan fingerprint density at radius 1 is 1.04 bits per heavy atom. The second kappa shape index (κ2) is 7.00. The van der Waals surface area contributed by atoms with E-state index >= 15 is 0 Å². The minimum absolute atomic E-state index is 0.170. The normalized spacial score (nSPS) is 10.9. The van der Waals surface area contributed by atoms with Gasteiger partial charge in [0.25, 0.3) is 5.91 Å². The molecule has 0 aliphatic heterocycles. The van der Waals surface area contributed by atoms with E-state index in [1.54, 1.807) is 6.07 Å². The molecule has 0 unspecified atom stereocenters. The van der Waals surface area contributed by atoms with Crippen molar-refractivity contribution < 1.29 is 9.21 Å². The van der Waals surface area contributed by atoms with Gasteiger partial charge in [-0.1, -0.05) is 24.3 Å². The van der Waals surface area contributed by atoms with Gasteiger partial charge in [-0.25, -0.2) is 4.98 Å². The highest BCUT2D eigenvalue weighted by atomic mass is 79.9. The number of anilines is 1. The molecule has 1 heterocycles. The molecule has 3 aromatic carbocycles. The fourth-order valence-electron chi connectivity index (χ4n) is 2.88. The van der Waals surface area contributed by atoms with Crippen LogP contribution in [0.3, 0.4) is 0 Å². The van der Waals surface area contributed by atoms with E-state index in [1.807, 2.05) is 68.4 Å². The number of amides is 1. The van der Waals surface area contributed by atoms with Gasteiger partial charge in [0, 0.05) is 15.7 Å². The lowest BCUT2D eigenvalue weighted by molar-refractivity contribution is 0.102. The fourth-order valence-corrected chi connectivity index (χ4v) is 3.34. The molecule has 0 saturated carbocycles. The molecule has 1 amide bonds. The lowest BCUT2D eigenvalue weighted by Gasteiger charge is -2.10. The Kier molecular flexibility index (Phi) is 4.54. The van der Waals surface area contributed by atoms with Crippen LogP contribution in [-0.2, 0) is 0 Å². The van der Waals surface area contributed by atoms with Crippen LogP contribution in [0.1, 0.15) is 21.5 Å². The molecule has 0 saturated heterocycles. The van der Waals surface area contributed by atoms with Gasteiger partial charge in [0.1, 0.15) is 5.52 Å². The highest BCUT2D eigenvalue weighted by Gasteiger charge is 2.14. The number of nitrogens with one attached hydrogen (secondary N) is 1. The third-order valence-electron chi connectivity index (χ3n) is 4.40. The smallest absolute Gasteiger partial charge is 0.256 e. The average molecular weight is 421 g/mol. The Hall–Kier alpha value is -2.92. The van der Waals surface area contributed by atoms with Gasteiger partial charge < -0.3 is 9.73 Å². The number of fused-ring (bicyclic) bond motifs is 1. The van der Waals surface area contributed by atoms with E-state index in [0.29, 0.717) is 11.5 Å². The number of nitrogens with zero attached hydrogens (tertiary/aromatic N) is 1. The molecule has 1 aromatic heterocycles. The first kappa shape index (κ1) is 17.5. The Morgan fingerprint density at radius 2 is 1.85 bits per heavy atom. The molecule has 0 radical (unpaired) electrons. The van der Waals surface area contributed by atoms with Crippen LogP contribution in [0.2, 0.25) is 0 Å². The SMILES string of the molecule is Cc1ccc2nc(-c3ccc(C)c(NC(=O)c4ccccc4Br)c3)oc2c1. The van der Waals surface area contributed by atoms with Crippen LogP contribution in [-0.4, -0.2) is 10.9 Å². The highest BCUT2D eigenvalue weighted by molar-refractivity contribution is 9.10. The van der Waals surface area contributed by atoms with Crippen molar-refractivity contribution in [3.63, 3.8) is 0 Å². The second-order valence-corrected chi connectivity index (χ2v) is 7.31. The topological polar surface area (TPSA) is 55.1 Å². The van der Waals surface area contributed by atoms with E-state index in [1.165, 1.54) is 0 Å². The summed E-state index contributed by atoms with van der Waals surface area (Å²) < 4.78 is 6.66. The number of halogens is 1. The minimum atomic E-state index is -0.170. The molecule has 0 atom stereocenters. The second-order valence-electron chi connectivity index (χ2n) is 6.45. The first-order valence-corrected chi connectivity index (χ1v) is 9.34. The van der Waals surface area contributed by atoms with Crippen LogP contribution in [0.25, 0.3) is 22.6 Å². The first-order chi connectivity index (χ1) is 13.0. The zero-order chi connectivity index (χ0) is 19.0. The van der Waals surface area contributed by atoms with Crippen LogP contribution in [0.5, 0.6) is 0 Å². The summed E-state index contributed by atoms with van der Waals surface area (Å²) in [6.07, 6.45) is 0. The Labute approximate surface area is 165 Å². The maximum absolute atomic E-state index is 12.6. The van der Waals surface area contributed by atoms with Crippen LogP contribution in [0.4, 0.5) is 5.69 Å². The predicted octanol–water partition coefficient (Wildman–Crippen LogP) is 6.13. The highest BCUT2D eigenvalue weighted by Crippen LogP contribution is 2.29. The van der Waals surface area contributed by atoms with E-state index in [-0.39, 0.29) is 5.91 Å². The predicted molar refractivity (Wildman–Crippen MR) is 111 cm³/mol. The number of carbonyl (C=O) groups is 1. The summed E-state index contributed by atoms with van der Waals surface area (Å²) in [7, 11) is 0. The van der Waals surface area contributed by atoms with E-state index < -0.39 is 0 Å². The largest absolute Gasteiger partial charge is 0.436 e. The number of benzene rings is 3. The fraction of sp³-hybridized carbons (Fsp3) is 0.0909. The van der Waals surface area contributed by atoms with Crippen molar-refractivity contribution in [1.29, 1.82) is 0 Å². The molecule has 4 nitrogen and oxygen atoms in total. The number of aromatic nitrogens is 1. The third kappa shape index (κ3) is 3.51. The summed E-state index contributed by atoms with van der Waals surface area (Å²) in [4.78, 5) is 17.2. The number of rotatable bonds is 3. The van der Waals surface area contributed by atoms with Gasteiger partial charge in [-0.2, -0.15) is 0 Å². The Morgan fingerprint density at radius 3 is 2.67 bits per heavy atom. The Balaban J connectivity index is 1.68. The molecule has 0 aliphatic carbocycles. The van der Waals surface area contributed by atoms with Gasteiger partial charge >= 0.3 is 0 Å². The van der Waals surface area contributed by atoms with Gasteiger partial charge in [-0.3, -0.25) is 4.79 Å². The minimum Gasteiger partial charge on any atom is -0.436 e. The van der Waals surface area contributed by atoms with Crippen molar-refractivity contribution in [1.82, 2.24) is 4.98 Å². The van der Waals surface area contributed by atoms with Gasteiger partial charge in [-0.15, -0.1) is 0 Å². The zero-order valence-corrected chi connectivity index (χ0v) is 16.5. The molecule has 0 spiro atoms. The maximum Gasteiger partial charge on any atom is 0.256 e. The summed E-state index contributed by atoms with van der Waals surface area (Å²) in [5.41, 5.74) is 5.78. The van der Waals surface area contributed by atoms with Crippen molar-refractivity contribution in [2.75, 3.05) is 5.32 Å². The molecule has 134 valence electrons. The Bertz CT molecular complexity index is 1160. The summed E-state index contributed by atoms with van der Waals surface area (Å²) in [5, 5.41) is 2.98. The lowest BCUT2D eigenvalue weighted by atomic mass is 10.1. The molecular formula is C22H17BrN2O2. The quantitative estimate of drug-likeness (QED) is 0.433. The number of aryl methyl sites for hydroxylation is 2. The molecule has 0 fully saturated rings. The molecule has 4 aromatic rings. The van der Waals surface area contributed by atoms with E-state index in [9.17, 15) is 4.79 Å². The van der Waals surface area contributed by atoms with Crippen LogP contribution < -0.4 is 5.32 Å². The van der Waals surface area contributed by atoms with E-state index in [2.05, 4.69) is 26.2 Å². The summed E-state index contributed by atoms with van der Waals surface area (Å²) in [5.74, 6) is 0.364. The summed E-state index contributed by atoms with van der Waals surface area (Å²) >= 11 is 3.42. The van der Waals surface area contributed by atoms with Gasteiger partial charge in [0.2, 0.25) is 5.89 Å². The average Bonchev–Trinajstić information content (AvgIpc) is 3.07. The van der Waals surface area contributed by atoms with Gasteiger partial charge in [0.05, 0.1) is 5.56 Å². The van der Waals surface area contributed by atoms with Crippen LogP contribution >= 0.6 is 15.9 Å². The number of carbonyl (C=O) groups excluding carboxylic acids is 1. The van der Waals surface area contributed by atoms with Gasteiger partial charge in [0.15, 0.2) is 5.58 Å². The number of oxazole rings is 1. The molecule has 5 heteroatoms. The monoisotopic (exact) mass is 420 g/mol. The standard InChI is InChI=1S/C22H17BrN2O2/c1-13-7-10-18-20(11-13)27-22(25-18)15-9-8-14(2)19(12-15)24-21(26)16-5-3-4-6-17(16)23/h3-12H,1-2H3,(H,24,26). The van der Waals surface area contributed by atoms with Crippen molar-refractivity contribution >= 4 is 38.6 Å². The first-order valence-electron chi connectivity index (χ1n) is 8.55. The molecule has 0 bridgehead atoms. The van der Waals surface area contributed by atoms with E-state index in [0.717, 1.165) is 38.0 Å². The van der Waals surface area contributed by atoms with Crippen LogP contribution in [0.15, 0.2) is 69.6 Å². The summed E-state index contributed by atoms with van der Waals surface area (Å²) in [6, 6.07) is 19.0. The number of hydrogen-bond acceptors (Lipinski definition) is 3.